The molecule has 3 N–H and O–H groups in total. The predicted molar refractivity (Wildman–Crippen MR) is 73.4 cm³/mol. The van der Waals surface area contributed by atoms with Gasteiger partial charge in [0.1, 0.15) is 18.0 Å². The van der Waals surface area contributed by atoms with Gasteiger partial charge in [0.05, 0.1) is 0 Å². The number of hydrogen-bond donors (Lipinski definition) is 2. The molecule has 18 heavy (non-hydrogen) atoms. The minimum Gasteiger partial charge on any atom is -0.492 e. The Morgan fingerprint density at radius 2 is 2.22 bits per heavy atom. The zero-order chi connectivity index (χ0) is 13.4. The van der Waals surface area contributed by atoms with E-state index in [1.165, 1.54) is 0 Å². The van der Waals surface area contributed by atoms with Crippen LogP contribution in [0.1, 0.15) is 32.3 Å². The van der Waals surface area contributed by atoms with Gasteiger partial charge in [-0.3, -0.25) is 0 Å². The van der Waals surface area contributed by atoms with Crippen LogP contribution in [-0.2, 0) is 0 Å². The molecule has 0 radical (unpaired) electrons. The van der Waals surface area contributed by atoms with Gasteiger partial charge in [-0.1, -0.05) is 31.3 Å². The molecule has 1 aromatic rings. The molecule has 1 rings (SSSR count). The Balaban J connectivity index is 2.76. The van der Waals surface area contributed by atoms with E-state index < -0.39 is 5.60 Å². The number of benzene rings is 1. The van der Waals surface area contributed by atoms with Crippen LogP contribution in [0, 0.1) is 11.8 Å². The molecule has 0 heterocycles. The minimum atomic E-state index is -0.928. The molecule has 3 nitrogen and oxygen atoms in total. The summed E-state index contributed by atoms with van der Waals surface area (Å²) in [7, 11) is 0. The van der Waals surface area contributed by atoms with Gasteiger partial charge >= 0.3 is 0 Å². The van der Waals surface area contributed by atoms with E-state index in [0.717, 1.165) is 17.7 Å². The Labute approximate surface area is 109 Å². The smallest absolute Gasteiger partial charge is 0.123 e. The van der Waals surface area contributed by atoms with Crippen molar-refractivity contribution in [3.8, 4) is 17.6 Å². The van der Waals surface area contributed by atoms with Gasteiger partial charge in [-0.05, 0) is 31.5 Å². The molecule has 0 fully saturated rings. The van der Waals surface area contributed by atoms with E-state index in [1.54, 1.807) is 6.92 Å². The summed E-state index contributed by atoms with van der Waals surface area (Å²) < 4.78 is 5.42. The molecule has 0 aliphatic rings. The monoisotopic (exact) mass is 247 g/mol. The van der Waals surface area contributed by atoms with Gasteiger partial charge in [-0.25, -0.2) is 0 Å². The molecule has 1 atom stereocenters. The summed E-state index contributed by atoms with van der Waals surface area (Å²) in [5.41, 5.74) is 5.28. The van der Waals surface area contributed by atoms with Crippen LogP contribution < -0.4 is 10.5 Å². The SMILES string of the molecule is CCCC(C)(O)C#Cc1cccc(OCCN)c1. The van der Waals surface area contributed by atoms with E-state index >= 15 is 0 Å². The van der Waals surface area contributed by atoms with Crippen LogP contribution >= 0.6 is 0 Å². The van der Waals surface area contributed by atoms with E-state index in [-0.39, 0.29) is 0 Å². The zero-order valence-electron chi connectivity index (χ0n) is 11.1. The predicted octanol–water partition coefficient (Wildman–Crippen LogP) is 1.93. The lowest BCUT2D eigenvalue weighted by Gasteiger charge is -2.14. The highest BCUT2D eigenvalue weighted by Crippen LogP contribution is 2.14. The van der Waals surface area contributed by atoms with Crippen molar-refractivity contribution in [3.63, 3.8) is 0 Å². The van der Waals surface area contributed by atoms with Gasteiger partial charge < -0.3 is 15.6 Å². The topological polar surface area (TPSA) is 55.5 Å². The van der Waals surface area contributed by atoms with Crippen molar-refractivity contribution in [2.24, 2.45) is 5.73 Å². The first kappa shape index (κ1) is 14.6. The van der Waals surface area contributed by atoms with Crippen molar-refractivity contribution in [3.05, 3.63) is 29.8 Å². The van der Waals surface area contributed by atoms with E-state index in [0.29, 0.717) is 19.6 Å². The second-order valence-corrected chi connectivity index (χ2v) is 4.44. The number of nitrogens with two attached hydrogens (primary N) is 1. The number of ether oxygens (including phenoxy) is 1. The first-order valence-corrected chi connectivity index (χ1v) is 6.26. The van der Waals surface area contributed by atoms with Gasteiger partial charge in [0, 0.05) is 12.1 Å². The zero-order valence-corrected chi connectivity index (χ0v) is 11.1. The largest absolute Gasteiger partial charge is 0.492 e. The maximum atomic E-state index is 9.97. The van der Waals surface area contributed by atoms with Crippen LogP contribution in [0.5, 0.6) is 5.75 Å². The summed E-state index contributed by atoms with van der Waals surface area (Å²) in [6.07, 6.45) is 1.57. The Hall–Kier alpha value is -1.50. The average Bonchev–Trinajstić information content (AvgIpc) is 2.35. The second-order valence-electron chi connectivity index (χ2n) is 4.44. The lowest BCUT2D eigenvalue weighted by Crippen LogP contribution is -2.20. The standard InChI is InChI=1S/C15H21NO2/c1-3-8-15(2,17)9-7-13-5-4-6-14(12-13)18-11-10-16/h4-6,12,17H,3,8,10-11,16H2,1-2H3. The van der Waals surface area contributed by atoms with Crippen molar-refractivity contribution >= 4 is 0 Å². The normalized spacial score (nSPS) is 13.3. The Bertz CT molecular complexity index is 430. The summed E-state index contributed by atoms with van der Waals surface area (Å²) in [6.45, 7) is 4.74. The van der Waals surface area contributed by atoms with Crippen LogP contribution in [0.2, 0.25) is 0 Å². The van der Waals surface area contributed by atoms with Gasteiger partial charge in [-0.15, -0.1) is 0 Å². The van der Waals surface area contributed by atoms with Crippen molar-refractivity contribution < 1.29 is 9.84 Å². The van der Waals surface area contributed by atoms with E-state index in [4.69, 9.17) is 10.5 Å². The third kappa shape index (κ3) is 5.22. The minimum absolute atomic E-state index is 0.487. The van der Waals surface area contributed by atoms with Crippen molar-refractivity contribution in [2.45, 2.75) is 32.3 Å². The van der Waals surface area contributed by atoms with E-state index in [2.05, 4.69) is 11.8 Å². The molecular weight excluding hydrogens is 226 g/mol. The summed E-state index contributed by atoms with van der Waals surface area (Å²) >= 11 is 0. The third-order valence-corrected chi connectivity index (χ3v) is 2.43. The lowest BCUT2D eigenvalue weighted by atomic mass is 10.0. The van der Waals surface area contributed by atoms with Gasteiger partial charge in [0.25, 0.3) is 0 Å². The first-order chi connectivity index (χ1) is 8.57. The fourth-order valence-corrected chi connectivity index (χ4v) is 1.60. The van der Waals surface area contributed by atoms with E-state index in [1.807, 2.05) is 31.2 Å². The molecule has 3 heteroatoms. The summed E-state index contributed by atoms with van der Waals surface area (Å²) in [6, 6.07) is 7.49. The molecule has 0 spiro atoms. The molecule has 0 amide bonds. The van der Waals surface area contributed by atoms with Crippen LogP contribution in [-0.4, -0.2) is 23.9 Å². The second kappa shape index (κ2) is 7.05. The molecule has 1 unspecified atom stereocenters. The van der Waals surface area contributed by atoms with Gasteiger partial charge in [0.15, 0.2) is 0 Å². The molecule has 1 aromatic carbocycles. The fraction of sp³-hybridized carbons (Fsp3) is 0.467. The van der Waals surface area contributed by atoms with Crippen LogP contribution in [0.3, 0.4) is 0 Å². The van der Waals surface area contributed by atoms with Gasteiger partial charge in [-0.2, -0.15) is 0 Å². The number of rotatable bonds is 5. The number of aliphatic hydroxyl groups is 1. The summed E-state index contributed by atoms with van der Waals surface area (Å²) in [5.74, 6) is 6.61. The third-order valence-electron chi connectivity index (χ3n) is 2.43. The Morgan fingerprint density at radius 1 is 1.44 bits per heavy atom. The number of hydrogen-bond acceptors (Lipinski definition) is 3. The van der Waals surface area contributed by atoms with E-state index in [9.17, 15) is 5.11 Å². The fourth-order valence-electron chi connectivity index (χ4n) is 1.60. The molecular formula is C15H21NO2. The highest BCUT2D eigenvalue weighted by atomic mass is 16.5. The van der Waals surface area contributed by atoms with Crippen LogP contribution in [0.4, 0.5) is 0 Å². The molecule has 98 valence electrons. The van der Waals surface area contributed by atoms with Crippen LogP contribution in [0.25, 0.3) is 0 Å². The van der Waals surface area contributed by atoms with Gasteiger partial charge in [0.2, 0.25) is 0 Å². The van der Waals surface area contributed by atoms with Crippen molar-refractivity contribution in [1.82, 2.24) is 0 Å². The molecule has 0 saturated carbocycles. The van der Waals surface area contributed by atoms with Crippen molar-refractivity contribution in [1.29, 1.82) is 0 Å². The maximum Gasteiger partial charge on any atom is 0.123 e. The molecule has 0 aromatic heterocycles. The van der Waals surface area contributed by atoms with Crippen molar-refractivity contribution in [2.75, 3.05) is 13.2 Å². The Kier molecular flexibility index (Phi) is 5.70. The lowest BCUT2D eigenvalue weighted by molar-refractivity contribution is 0.111. The molecule has 0 aliphatic carbocycles. The summed E-state index contributed by atoms with van der Waals surface area (Å²) in [4.78, 5) is 0. The summed E-state index contributed by atoms with van der Waals surface area (Å²) in [5, 5.41) is 9.97. The molecule has 0 aliphatic heterocycles. The quantitative estimate of drug-likeness (QED) is 0.782. The first-order valence-electron chi connectivity index (χ1n) is 6.26. The average molecular weight is 247 g/mol. The Morgan fingerprint density at radius 3 is 2.89 bits per heavy atom. The highest BCUT2D eigenvalue weighted by molar-refractivity contribution is 5.40. The van der Waals surface area contributed by atoms with Crippen LogP contribution in [0.15, 0.2) is 24.3 Å². The molecule has 0 saturated heterocycles. The maximum absolute atomic E-state index is 9.97. The molecule has 0 bridgehead atoms. The highest BCUT2D eigenvalue weighted by Gasteiger charge is 2.14.